The van der Waals surface area contributed by atoms with Crippen molar-refractivity contribution in [2.24, 2.45) is 11.5 Å². The molecule has 1 aliphatic rings. The highest BCUT2D eigenvalue weighted by Gasteiger charge is 2.24. The molecule has 1 amide bonds. The number of primary amides is 1. The molecule has 0 bridgehead atoms. The molecule has 1 fully saturated rings. The van der Waals surface area contributed by atoms with Crippen molar-refractivity contribution >= 4 is 34.1 Å². The summed E-state index contributed by atoms with van der Waals surface area (Å²) in [6, 6.07) is 6.58. The normalized spacial score (nSPS) is 18.6. The maximum Gasteiger partial charge on any atom is 0.252 e. The fourth-order valence-electron chi connectivity index (χ4n) is 4.03. The van der Waals surface area contributed by atoms with Crippen molar-refractivity contribution in [3.8, 4) is 0 Å². The van der Waals surface area contributed by atoms with E-state index in [0.29, 0.717) is 18.8 Å². The van der Waals surface area contributed by atoms with Crippen LogP contribution >= 0.6 is 0 Å². The number of hydrogen-bond acceptors (Lipinski definition) is 7. The van der Waals surface area contributed by atoms with Gasteiger partial charge in [-0.3, -0.25) is 9.48 Å². The predicted octanol–water partition coefficient (Wildman–Crippen LogP) is 2.74. The van der Waals surface area contributed by atoms with Gasteiger partial charge < -0.3 is 26.8 Å². The van der Waals surface area contributed by atoms with E-state index in [4.69, 9.17) is 16.2 Å². The van der Waals surface area contributed by atoms with Crippen LogP contribution in [0.15, 0.2) is 30.5 Å². The number of benzene rings is 1. The second-order valence-electron chi connectivity index (χ2n) is 8.04. The Morgan fingerprint density at radius 1 is 1.28 bits per heavy atom. The minimum Gasteiger partial charge on any atom is -0.383 e. The minimum absolute atomic E-state index is 0.0334. The number of hydrogen-bond donors (Lipinski definition) is 4. The Balaban J connectivity index is 1.65. The highest BCUT2D eigenvalue weighted by atomic mass is 19.1. The van der Waals surface area contributed by atoms with E-state index in [9.17, 15) is 9.18 Å². The highest BCUT2D eigenvalue weighted by molar-refractivity contribution is 5.99. The number of fused-ring (bicyclic) bond motifs is 1. The molecule has 1 saturated carbocycles. The monoisotopic (exact) mass is 441 g/mol. The molecule has 1 aromatic carbocycles. The number of carbonyl (C=O) groups is 1. The van der Waals surface area contributed by atoms with Crippen molar-refractivity contribution in [1.82, 2.24) is 14.8 Å². The third-order valence-electron chi connectivity index (χ3n) is 5.80. The minimum atomic E-state index is -0.772. The fourth-order valence-corrected chi connectivity index (χ4v) is 4.03. The molecule has 2 aromatic heterocycles. The van der Waals surface area contributed by atoms with Gasteiger partial charge in [-0.15, -0.1) is 0 Å². The molecule has 1 aliphatic carbocycles. The average molecular weight is 442 g/mol. The molecule has 170 valence electrons. The lowest BCUT2D eigenvalue weighted by Gasteiger charge is -2.30. The molecule has 0 unspecified atom stereocenters. The van der Waals surface area contributed by atoms with Gasteiger partial charge in [0.05, 0.1) is 30.4 Å². The zero-order valence-electron chi connectivity index (χ0n) is 18.0. The quantitative estimate of drug-likeness (QED) is 0.422. The number of nitrogens with two attached hydrogens (primary N) is 2. The van der Waals surface area contributed by atoms with Crippen molar-refractivity contribution in [2.75, 3.05) is 24.4 Å². The lowest BCUT2D eigenvalue weighted by atomic mass is 9.91. The van der Waals surface area contributed by atoms with Gasteiger partial charge in [0.15, 0.2) is 11.6 Å². The molecule has 9 nitrogen and oxygen atoms in total. The zero-order valence-corrected chi connectivity index (χ0v) is 18.0. The number of pyridine rings is 1. The van der Waals surface area contributed by atoms with Crippen LogP contribution in [0.25, 0.3) is 10.9 Å². The maximum atomic E-state index is 14.7. The number of nitrogens with zero attached hydrogens (tertiary/aromatic N) is 3. The van der Waals surface area contributed by atoms with E-state index in [2.05, 4.69) is 20.7 Å². The molecule has 2 heterocycles. The first kappa shape index (κ1) is 22.0. The average Bonchev–Trinajstić information content (AvgIpc) is 3.18. The molecule has 6 N–H and O–H groups in total. The predicted molar refractivity (Wildman–Crippen MR) is 121 cm³/mol. The summed E-state index contributed by atoms with van der Waals surface area (Å²) in [5.74, 6) is -1.19. The Morgan fingerprint density at radius 2 is 2.09 bits per heavy atom. The summed E-state index contributed by atoms with van der Waals surface area (Å²) in [7, 11) is 1.63. The third-order valence-corrected chi connectivity index (χ3v) is 5.80. The first-order chi connectivity index (χ1) is 15.5. The van der Waals surface area contributed by atoms with Crippen LogP contribution in [0.3, 0.4) is 0 Å². The van der Waals surface area contributed by atoms with Crippen molar-refractivity contribution in [3.05, 3.63) is 41.8 Å². The van der Waals surface area contributed by atoms with E-state index < -0.39 is 11.7 Å². The Hall–Kier alpha value is -3.24. The number of anilines is 3. The van der Waals surface area contributed by atoms with E-state index >= 15 is 0 Å². The van der Waals surface area contributed by atoms with Gasteiger partial charge in [-0.1, -0.05) is 12.8 Å². The summed E-state index contributed by atoms with van der Waals surface area (Å²) in [5.41, 5.74) is 13.2. The van der Waals surface area contributed by atoms with E-state index in [-0.39, 0.29) is 29.3 Å². The van der Waals surface area contributed by atoms with Crippen LogP contribution in [-0.2, 0) is 11.3 Å². The summed E-state index contributed by atoms with van der Waals surface area (Å²) in [6.07, 6.45) is 5.57. The van der Waals surface area contributed by atoms with Crippen molar-refractivity contribution < 1.29 is 13.9 Å². The van der Waals surface area contributed by atoms with Crippen LogP contribution in [0.5, 0.6) is 0 Å². The van der Waals surface area contributed by atoms with Crippen LogP contribution < -0.4 is 22.1 Å². The number of carbonyl (C=O) groups excluding carboxylic acids is 1. The van der Waals surface area contributed by atoms with Gasteiger partial charge >= 0.3 is 0 Å². The number of rotatable bonds is 8. The second kappa shape index (κ2) is 9.49. The molecule has 4 rings (SSSR count). The Kier molecular flexibility index (Phi) is 6.52. The van der Waals surface area contributed by atoms with E-state index in [1.54, 1.807) is 13.3 Å². The Bertz CT molecular complexity index is 1120. The molecular formula is C22H28FN7O2. The van der Waals surface area contributed by atoms with Crippen molar-refractivity contribution in [1.29, 1.82) is 0 Å². The smallest absolute Gasteiger partial charge is 0.252 e. The standard InChI is InChI=1S/C22H28FN7O2/c1-32-9-8-30-19-10-14(7-6-13(19)12-26-30)27-21-15(20(25)31)11-16(23)22(29-21)28-18-5-3-2-4-17(18)24/h6-7,10-12,17-18H,2-5,8-9,24H2,1H3,(H2,25,31)(H2,27,28,29)/t17-,18+/m0/s1. The number of halogens is 1. The van der Waals surface area contributed by atoms with Gasteiger partial charge in [0.1, 0.15) is 5.82 Å². The first-order valence-electron chi connectivity index (χ1n) is 10.7. The van der Waals surface area contributed by atoms with E-state index in [1.807, 2.05) is 22.9 Å². The Morgan fingerprint density at radius 3 is 2.84 bits per heavy atom. The van der Waals surface area contributed by atoms with Gasteiger partial charge in [-0.25, -0.2) is 9.37 Å². The first-order valence-corrected chi connectivity index (χ1v) is 10.7. The van der Waals surface area contributed by atoms with Crippen LogP contribution in [0.2, 0.25) is 0 Å². The number of methoxy groups -OCH3 is 1. The summed E-state index contributed by atoms with van der Waals surface area (Å²) in [5, 5.41) is 11.6. The van der Waals surface area contributed by atoms with Gasteiger partial charge in [0.2, 0.25) is 0 Å². The summed E-state index contributed by atoms with van der Waals surface area (Å²) >= 11 is 0. The molecule has 0 saturated heterocycles. The number of amides is 1. The van der Waals surface area contributed by atoms with Crippen molar-refractivity contribution in [2.45, 2.75) is 44.3 Å². The second-order valence-corrected chi connectivity index (χ2v) is 8.04. The van der Waals surface area contributed by atoms with E-state index in [0.717, 1.165) is 42.7 Å². The fraction of sp³-hybridized carbons (Fsp3) is 0.409. The van der Waals surface area contributed by atoms with Gasteiger partial charge in [-0.05, 0) is 37.1 Å². The Labute approximate surface area is 185 Å². The molecule has 0 spiro atoms. The summed E-state index contributed by atoms with van der Waals surface area (Å²) < 4.78 is 21.7. The van der Waals surface area contributed by atoms with Crippen LogP contribution in [0.4, 0.5) is 21.7 Å². The molecular weight excluding hydrogens is 413 g/mol. The molecule has 3 aromatic rings. The topological polar surface area (TPSA) is 133 Å². The number of aromatic nitrogens is 3. The van der Waals surface area contributed by atoms with Gasteiger partial charge in [0, 0.05) is 30.3 Å². The number of nitrogens with one attached hydrogen (secondary N) is 2. The zero-order chi connectivity index (χ0) is 22.7. The van der Waals surface area contributed by atoms with Crippen LogP contribution in [0.1, 0.15) is 36.0 Å². The number of ether oxygens (including phenoxy) is 1. The van der Waals surface area contributed by atoms with Gasteiger partial charge in [0.25, 0.3) is 5.91 Å². The molecule has 10 heteroatoms. The molecule has 0 radical (unpaired) electrons. The largest absolute Gasteiger partial charge is 0.383 e. The van der Waals surface area contributed by atoms with Crippen LogP contribution in [0, 0.1) is 5.82 Å². The summed E-state index contributed by atoms with van der Waals surface area (Å²) in [4.78, 5) is 16.3. The maximum absolute atomic E-state index is 14.7. The molecule has 2 atom stereocenters. The van der Waals surface area contributed by atoms with Gasteiger partial charge in [-0.2, -0.15) is 5.10 Å². The highest BCUT2D eigenvalue weighted by Crippen LogP contribution is 2.28. The molecule has 32 heavy (non-hydrogen) atoms. The van der Waals surface area contributed by atoms with Crippen LogP contribution in [-0.4, -0.2) is 46.5 Å². The lowest BCUT2D eigenvalue weighted by molar-refractivity contribution is 0.100. The van der Waals surface area contributed by atoms with E-state index in [1.165, 1.54) is 0 Å². The molecule has 0 aliphatic heterocycles. The lowest BCUT2D eigenvalue weighted by Crippen LogP contribution is -2.43. The van der Waals surface area contributed by atoms with Crippen molar-refractivity contribution in [3.63, 3.8) is 0 Å². The summed E-state index contributed by atoms with van der Waals surface area (Å²) in [6.45, 7) is 1.12. The third kappa shape index (κ3) is 4.66. The SMILES string of the molecule is COCCn1ncc2ccc(Nc3nc(N[C@@H]4CCCC[C@@H]4N)c(F)cc3C(N)=O)cc21.